The third-order valence-electron chi connectivity index (χ3n) is 5.02. The van der Waals surface area contributed by atoms with Crippen molar-refractivity contribution in [2.45, 2.75) is 44.7 Å². The molecule has 26 heavy (non-hydrogen) atoms. The van der Waals surface area contributed by atoms with Gasteiger partial charge in [-0.1, -0.05) is 54.6 Å². The van der Waals surface area contributed by atoms with Gasteiger partial charge >= 0.3 is 0 Å². The van der Waals surface area contributed by atoms with E-state index in [0.29, 0.717) is 21.7 Å². The molecule has 0 aromatic heterocycles. The Hall–Kier alpha value is -1.55. The topological polar surface area (TPSA) is 32.3 Å². The summed E-state index contributed by atoms with van der Waals surface area (Å²) in [5.41, 5.74) is 2.51. The van der Waals surface area contributed by atoms with E-state index in [1.165, 1.54) is 37.7 Å². The summed E-state index contributed by atoms with van der Waals surface area (Å²) in [6.45, 7) is 0.936. The van der Waals surface area contributed by atoms with E-state index < -0.39 is 0 Å². The summed E-state index contributed by atoms with van der Waals surface area (Å²) in [7, 11) is 2.20. The first-order valence-electron chi connectivity index (χ1n) is 9.08. The van der Waals surface area contributed by atoms with Crippen LogP contribution in [-0.4, -0.2) is 23.9 Å². The molecule has 0 unspecified atom stereocenters. The SMILES string of the molecule is CN(Cc1ccc(NC(=O)c2ccc(Cl)c(Cl)c2)cc1)C1CCCCC1. The molecule has 2 aromatic rings. The Labute approximate surface area is 165 Å². The van der Waals surface area contributed by atoms with Crippen LogP contribution in [0.4, 0.5) is 5.69 Å². The van der Waals surface area contributed by atoms with Gasteiger partial charge in [0.15, 0.2) is 0 Å². The maximum Gasteiger partial charge on any atom is 0.255 e. The van der Waals surface area contributed by atoms with Crippen LogP contribution in [0.5, 0.6) is 0 Å². The molecular formula is C21H24Cl2N2O. The van der Waals surface area contributed by atoms with Gasteiger partial charge in [-0.05, 0) is 55.8 Å². The number of carbonyl (C=O) groups is 1. The van der Waals surface area contributed by atoms with Gasteiger partial charge in [-0.15, -0.1) is 0 Å². The summed E-state index contributed by atoms with van der Waals surface area (Å²) >= 11 is 11.9. The first-order valence-corrected chi connectivity index (χ1v) is 9.84. The number of anilines is 1. The van der Waals surface area contributed by atoms with Crippen LogP contribution < -0.4 is 5.32 Å². The van der Waals surface area contributed by atoms with E-state index in [1.54, 1.807) is 18.2 Å². The molecule has 5 heteroatoms. The fourth-order valence-electron chi connectivity index (χ4n) is 3.47. The third kappa shape index (κ3) is 5.00. The highest BCUT2D eigenvalue weighted by molar-refractivity contribution is 6.42. The zero-order valence-electron chi connectivity index (χ0n) is 15.0. The number of hydrogen-bond acceptors (Lipinski definition) is 2. The second-order valence-corrected chi connectivity index (χ2v) is 7.80. The van der Waals surface area contributed by atoms with E-state index in [4.69, 9.17) is 23.2 Å². The maximum absolute atomic E-state index is 12.3. The highest BCUT2D eigenvalue weighted by atomic mass is 35.5. The normalized spacial score (nSPS) is 15.2. The molecule has 0 bridgehead atoms. The van der Waals surface area contributed by atoms with E-state index in [0.717, 1.165) is 12.2 Å². The Balaban J connectivity index is 1.58. The minimum absolute atomic E-state index is 0.198. The van der Waals surface area contributed by atoms with Gasteiger partial charge in [-0.25, -0.2) is 0 Å². The second kappa shape index (κ2) is 8.90. The summed E-state index contributed by atoms with van der Waals surface area (Å²) in [5.74, 6) is -0.198. The second-order valence-electron chi connectivity index (χ2n) is 6.99. The molecule has 0 atom stereocenters. The molecule has 1 fully saturated rings. The van der Waals surface area contributed by atoms with Crippen molar-refractivity contribution in [1.29, 1.82) is 0 Å². The molecule has 1 saturated carbocycles. The minimum atomic E-state index is -0.198. The fraction of sp³-hybridized carbons (Fsp3) is 0.381. The summed E-state index contributed by atoms with van der Waals surface area (Å²) in [6.07, 6.45) is 6.66. The van der Waals surface area contributed by atoms with E-state index in [-0.39, 0.29) is 5.91 Å². The predicted octanol–water partition coefficient (Wildman–Crippen LogP) is 6.01. The van der Waals surface area contributed by atoms with Crippen molar-refractivity contribution < 1.29 is 4.79 Å². The minimum Gasteiger partial charge on any atom is -0.322 e. The number of rotatable bonds is 5. The van der Waals surface area contributed by atoms with E-state index in [9.17, 15) is 4.79 Å². The van der Waals surface area contributed by atoms with Crippen molar-refractivity contribution in [3.63, 3.8) is 0 Å². The van der Waals surface area contributed by atoms with E-state index in [1.807, 2.05) is 12.1 Å². The van der Waals surface area contributed by atoms with Crippen LogP contribution in [0.1, 0.15) is 48.0 Å². The highest BCUT2D eigenvalue weighted by Crippen LogP contribution is 2.24. The number of halogens is 2. The molecule has 1 aliphatic rings. The van der Waals surface area contributed by atoms with Gasteiger partial charge in [0.1, 0.15) is 0 Å². The van der Waals surface area contributed by atoms with Crippen LogP contribution in [0.3, 0.4) is 0 Å². The first-order chi connectivity index (χ1) is 12.5. The summed E-state index contributed by atoms with van der Waals surface area (Å²) in [5, 5.41) is 3.71. The molecule has 1 amide bonds. The summed E-state index contributed by atoms with van der Waals surface area (Å²) in [6, 6.07) is 13.6. The smallest absolute Gasteiger partial charge is 0.255 e. The molecule has 0 saturated heterocycles. The number of nitrogens with zero attached hydrogens (tertiary/aromatic N) is 1. The van der Waals surface area contributed by atoms with Gasteiger partial charge in [0, 0.05) is 23.8 Å². The van der Waals surface area contributed by atoms with Gasteiger partial charge in [0.25, 0.3) is 5.91 Å². The highest BCUT2D eigenvalue weighted by Gasteiger charge is 2.18. The number of amides is 1. The molecule has 138 valence electrons. The molecule has 0 aliphatic heterocycles. The van der Waals surface area contributed by atoms with Gasteiger partial charge in [-0.2, -0.15) is 0 Å². The number of nitrogens with one attached hydrogen (secondary N) is 1. The molecule has 0 radical (unpaired) electrons. The van der Waals surface area contributed by atoms with Crippen molar-refractivity contribution in [2.24, 2.45) is 0 Å². The molecule has 0 spiro atoms. The Morgan fingerprint density at radius 1 is 1.04 bits per heavy atom. The number of hydrogen-bond donors (Lipinski definition) is 1. The lowest BCUT2D eigenvalue weighted by atomic mass is 9.94. The fourth-order valence-corrected chi connectivity index (χ4v) is 3.77. The van der Waals surface area contributed by atoms with Crippen LogP contribution in [-0.2, 0) is 6.54 Å². The number of benzene rings is 2. The quantitative estimate of drug-likeness (QED) is 0.677. The largest absolute Gasteiger partial charge is 0.322 e. The monoisotopic (exact) mass is 390 g/mol. The lowest BCUT2D eigenvalue weighted by Gasteiger charge is -2.31. The van der Waals surface area contributed by atoms with Gasteiger partial charge in [-0.3, -0.25) is 9.69 Å². The van der Waals surface area contributed by atoms with E-state index >= 15 is 0 Å². The molecule has 1 aliphatic carbocycles. The predicted molar refractivity (Wildman–Crippen MR) is 109 cm³/mol. The van der Waals surface area contributed by atoms with Crippen LogP contribution in [0, 0.1) is 0 Å². The molecule has 0 heterocycles. The molecule has 3 nitrogen and oxygen atoms in total. The Morgan fingerprint density at radius 2 is 1.73 bits per heavy atom. The Bertz CT molecular complexity index is 755. The third-order valence-corrected chi connectivity index (χ3v) is 5.76. The standard InChI is InChI=1S/C21H24Cl2N2O/c1-25(18-5-3-2-4-6-18)14-15-7-10-17(11-8-15)24-21(26)16-9-12-19(22)20(23)13-16/h7-13,18H,2-6,14H2,1H3,(H,24,26). The lowest BCUT2D eigenvalue weighted by molar-refractivity contribution is 0.102. The zero-order chi connectivity index (χ0) is 18.5. The van der Waals surface area contributed by atoms with Crippen molar-refractivity contribution in [3.05, 3.63) is 63.6 Å². The van der Waals surface area contributed by atoms with Gasteiger partial charge < -0.3 is 5.32 Å². The first kappa shape index (κ1) is 19.2. The van der Waals surface area contributed by atoms with Crippen molar-refractivity contribution in [1.82, 2.24) is 4.90 Å². The van der Waals surface area contributed by atoms with Crippen molar-refractivity contribution in [2.75, 3.05) is 12.4 Å². The zero-order valence-corrected chi connectivity index (χ0v) is 16.5. The van der Waals surface area contributed by atoms with Crippen LogP contribution in [0.25, 0.3) is 0 Å². The molecular weight excluding hydrogens is 367 g/mol. The van der Waals surface area contributed by atoms with E-state index in [2.05, 4.69) is 29.4 Å². The molecule has 3 rings (SSSR count). The summed E-state index contributed by atoms with van der Waals surface area (Å²) in [4.78, 5) is 14.8. The van der Waals surface area contributed by atoms with Crippen LogP contribution in [0.15, 0.2) is 42.5 Å². The summed E-state index contributed by atoms with van der Waals surface area (Å²) < 4.78 is 0. The maximum atomic E-state index is 12.3. The van der Waals surface area contributed by atoms with Gasteiger partial charge in [0.2, 0.25) is 0 Å². The Morgan fingerprint density at radius 3 is 2.38 bits per heavy atom. The van der Waals surface area contributed by atoms with Crippen LogP contribution in [0.2, 0.25) is 10.0 Å². The average Bonchev–Trinajstić information content (AvgIpc) is 2.66. The van der Waals surface area contributed by atoms with Crippen molar-refractivity contribution in [3.8, 4) is 0 Å². The molecule has 2 aromatic carbocycles. The van der Waals surface area contributed by atoms with Crippen LogP contribution >= 0.6 is 23.2 Å². The average molecular weight is 391 g/mol. The molecule has 1 N–H and O–H groups in total. The number of carbonyl (C=O) groups excluding carboxylic acids is 1. The Kier molecular flexibility index (Phi) is 6.58. The van der Waals surface area contributed by atoms with Gasteiger partial charge in [0.05, 0.1) is 10.0 Å². The lowest BCUT2D eigenvalue weighted by Crippen LogP contribution is -2.32. The van der Waals surface area contributed by atoms with Crippen molar-refractivity contribution >= 4 is 34.8 Å².